The number of nitrogens with two attached hydrogens (primary N) is 1. The van der Waals surface area contributed by atoms with Gasteiger partial charge in [-0.05, 0) is 30.5 Å². The van der Waals surface area contributed by atoms with Crippen molar-refractivity contribution in [1.29, 1.82) is 0 Å². The molecule has 1 aliphatic carbocycles. The minimum atomic E-state index is -4.43. The minimum Gasteiger partial charge on any atom is -0.496 e. The fourth-order valence-corrected chi connectivity index (χ4v) is 2.37. The molecule has 0 aliphatic heterocycles. The summed E-state index contributed by atoms with van der Waals surface area (Å²) >= 11 is 0. The molecule has 0 radical (unpaired) electrons. The van der Waals surface area contributed by atoms with E-state index in [4.69, 9.17) is 10.5 Å². The Bertz CT molecular complexity index is 490. The van der Waals surface area contributed by atoms with Crippen LogP contribution >= 0.6 is 0 Å². The predicted molar refractivity (Wildman–Crippen MR) is 67.2 cm³/mol. The molecule has 0 heterocycles. The highest BCUT2D eigenvalue weighted by Crippen LogP contribution is 2.50. The zero-order chi connectivity index (χ0) is 14.5. The first kappa shape index (κ1) is 14.2. The lowest BCUT2D eigenvalue weighted by atomic mass is 9.75. The number of ether oxygens (including phenoxy) is 1. The molecule has 2 rings (SSSR count). The second-order valence-corrected chi connectivity index (χ2v) is 5.69. The largest absolute Gasteiger partial charge is 0.496 e. The summed E-state index contributed by atoms with van der Waals surface area (Å²) in [7, 11) is 1.24. The molecule has 106 valence electrons. The van der Waals surface area contributed by atoms with Gasteiger partial charge in [0, 0.05) is 11.0 Å². The summed E-state index contributed by atoms with van der Waals surface area (Å²) in [6, 6.07) is 4.19. The fraction of sp³-hybridized carbons (Fsp3) is 0.571. The van der Waals surface area contributed by atoms with Crippen LogP contribution in [0, 0.1) is 0 Å². The van der Waals surface area contributed by atoms with Crippen LogP contribution in [-0.2, 0) is 11.6 Å². The predicted octanol–water partition coefficient (Wildman–Crippen LogP) is 3.48. The Morgan fingerprint density at radius 3 is 2.21 bits per heavy atom. The van der Waals surface area contributed by atoms with Crippen LogP contribution in [0.3, 0.4) is 0 Å². The Labute approximate surface area is 110 Å². The van der Waals surface area contributed by atoms with Crippen LogP contribution in [0.2, 0.25) is 0 Å². The fourth-order valence-electron chi connectivity index (χ4n) is 2.37. The summed E-state index contributed by atoms with van der Waals surface area (Å²) in [6.07, 6.45) is -2.75. The minimum absolute atomic E-state index is 0.158. The zero-order valence-electron chi connectivity index (χ0n) is 11.3. The van der Waals surface area contributed by atoms with Crippen molar-refractivity contribution in [2.24, 2.45) is 5.73 Å². The van der Waals surface area contributed by atoms with Gasteiger partial charge in [-0.3, -0.25) is 0 Å². The standard InChI is InChI=1S/C14H18F3NO/c1-12(2,13(18)6-7-13)9-4-5-11(19-3)10(8-9)14(15,16)17/h4-5,8H,6-7,18H2,1-3H3. The van der Waals surface area contributed by atoms with Gasteiger partial charge in [0.05, 0.1) is 12.7 Å². The first-order chi connectivity index (χ1) is 8.62. The summed E-state index contributed by atoms with van der Waals surface area (Å²) < 4.78 is 43.8. The molecule has 0 saturated heterocycles. The van der Waals surface area contributed by atoms with Crippen molar-refractivity contribution in [2.45, 2.75) is 43.8 Å². The van der Waals surface area contributed by atoms with E-state index >= 15 is 0 Å². The molecule has 0 bridgehead atoms. The Kier molecular flexibility index (Phi) is 3.08. The molecule has 19 heavy (non-hydrogen) atoms. The van der Waals surface area contributed by atoms with Gasteiger partial charge >= 0.3 is 6.18 Å². The highest BCUT2D eigenvalue weighted by molar-refractivity contribution is 5.44. The maximum Gasteiger partial charge on any atom is 0.419 e. The molecule has 1 saturated carbocycles. The van der Waals surface area contributed by atoms with Gasteiger partial charge in [0.1, 0.15) is 5.75 Å². The molecule has 0 aromatic heterocycles. The highest BCUT2D eigenvalue weighted by Gasteiger charge is 2.52. The molecular formula is C14H18F3NO. The Morgan fingerprint density at radius 2 is 1.79 bits per heavy atom. The van der Waals surface area contributed by atoms with Crippen LogP contribution in [0.5, 0.6) is 5.75 Å². The highest BCUT2D eigenvalue weighted by atomic mass is 19.4. The van der Waals surface area contributed by atoms with Gasteiger partial charge in [-0.15, -0.1) is 0 Å². The maximum atomic E-state index is 13.0. The van der Waals surface area contributed by atoms with Crippen LogP contribution in [0.15, 0.2) is 18.2 Å². The van der Waals surface area contributed by atoms with E-state index in [0.717, 1.165) is 18.9 Å². The molecule has 2 N–H and O–H groups in total. The van der Waals surface area contributed by atoms with Crippen molar-refractivity contribution in [2.75, 3.05) is 7.11 Å². The lowest BCUT2D eigenvalue weighted by Gasteiger charge is -2.33. The Morgan fingerprint density at radius 1 is 1.21 bits per heavy atom. The molecule has 1 aromatic carbocycles. The monoisotopic (exact) mass is 273 g/mol. The lowest BCUT2D eigenvalue weighted by molar-refractivity contribution is -0.138. The zero-order valence-corrected chi connectivity index (χ0v) is 11.3. The second kappa shape index (κ2) is 4.13. The third-order valence-corrected chi connectivity index (χ3v) is 4.26. The van der Waals surface area contributed by atoms with Gasteiger partial charge in [-0.1, -0.05) is 19.9 Å². The topological polar surface area (TPSA) is 35.2 Å². The van der Waals surface area contributed by atoms with Gasteiger partial charge in [0.15, 0.2) is 0 Å². The molecule has 2 nitrogen and oxygen atoms in total. The molecular weight excluding hydrogens is 255 g/mol. The Hall–Kier alpha value is -1.23. The van der Waals surface area contributed by atoms with Crippen molar-refractivity contribution >= 4 is 0 Å². The van der Waals surface area contributed by atoms with Gasteiger partial charge < -0.3 is 10.5 Å². The molecule has 0 atom stereocenters. The van der Waals surface area contributed by atoms with E-state index in [1.54, 1.807) is 6.07 Å². The molecule has 0 spiro atoms. The van der Waals surface area contributed by atoms with Gasteiger partial charge in [0.2, 0.25) is 0 Å². The van der Waals surface area contributed by atoms with Gasteiger partial charge in [0.25, 0.3) is 0 Å². The van der Waals surface area contributed by atoms with Crippen LogP contribution in [0.1, 0.15) is 37.8 Å². The molecule has 1 aliphatic rings. The summed E-state index contributed by atoms with van der Waals surface area (Å²) in [6.45, 7) is 3.78. The number of hydrogen-bond acceptors (Lipinski definition) is 2. The van der Waals surface area contributed by atoms with Crippen LogP contribution in [0.25, 0.3) is 0 Å². The SMILES string of the molecule is COc1ccc(C(C)(C)C2(N)CC2)cc1C(F)(F)F. The van der Waals surface area contributed by atoms with Crippen LogP contribution in [0.4, 0.5) is 13.2 Å². The number of halogens is 3. The Balaban J connectivity index is 2.50. The molecule has 0 unspecified atom stereocenters. The van der Waals surface area contributed by atoms with E-state index in [1.807, 2.05) is 13.8 Å². The van der Waals surface area contributed by atoms with E-state index in [0.29, 0.717) is 5.56 Å². The third kappa shape index (κ3) is 2.31. The average molecular weight is 273 g/mol. The first-order valence-electron chi connectivity index (χ1n) is 6.16. The molecule has 0 amide bonds. The quantitative estimate of drug-likeness (QED) is 0.915. The summed E-state index contributed by atoms with van der Waals surface area (Å²) in [5.41, 5.74) is 5.14. The van der Waals surface area contributed by atoms with E-state index < -0.39 is 22.7 Å². The molecule has 1 fully saturated rings. The number of hydrogen-bond donors (Lipinski definition) is 1. The molecule has 1 aromatic rings. The normalized spacial score (nSPS) is 18.3. The first-order valence-corrected chi connectivity index (χ1v) is 6.16. The summed E-state index contributed by atoms with van der Waals surface area (Å²) in [4.78, 5) is 0. The lowest BCUT2D eigenvalue weighted by Crippen LogP contribution is -2.43. The third-order valence-electron chi connectivity index (χ3n) is 4.26. The second-order valence-electron chi connectivity index (χ2n) is 5.69. The summed E-state index contributed by atoms with van der Waals surface area (Å²) in [5, 5.41) is 0. The summed E-state index contributed by atoms with van der Waals surface area (Å²) in [5.74, 6) is -0.158. The number of alkyl halides is 3. The van der Waals surface area contributed by atoms with Gasteiger partial charge in [-0.25, -0.2) is 0 Å². The number of methoxy groups -OCH3 is 1. The maximum absolute atomic E-state index is 13.0. The van der Waals surface area contributed by atoms with Crippen molar-refractivity contribution in [1.82, 2.24) is 0 Å². The van der Waals surface area contributed by atoms with Crippen LogP contribution in [-0.4, -0.2) is 12.6 Å². The van der Waals surface area contributed by atoms with Crippen molar-refractivity contribution < 1.29 is 17.9 Å². The average Bonchev–Trinajstić information content (AvgIpc) is 3.07. The van der Waals surface area contributed by atoms with E-state index in [1.165, 1.54) is 13.2 Å². The van der Waals surface area contributed by atoms with Crippen molar-refractivity contribution in [3.63, 3.8) is 0 Å². The van der Waals surface area contributed by atoms with Crippen molar-refractivity contribution in [3.8, 4) is 5.75 Å². The van der Waals surface area contributed by atoms with E-state index in [-0.39, 0.29) is 5.75 Å². The van der Waals surface area contributed by atoms with Gasteiger partial charge in [-0.2, -0.15) is 13.2 Å². The van der Waals surface area contributed by atoms with E-state index in [9.17, 15) is 13.2 Å². The molecule has 5 heteroatoms. The van der Waals surface area contributed by atoms with E-state index in [2.05, 4.69) is 0 Å². The van der Waals surface area contributed by atoms with Crippen molar-refractivity contribution in [3.05, 3.63) is 29.3 Å². The smallest absolute Gasteiger partial charge is 0.419 e. The number of benzene rings is 1. The van der Waals surface area contributed by atoms with Crippen LogP contribution < -0.4 is 10.5 Å². The number of rotatable bonds is 3.